The van der Waals surface area contributed by atoms with E-state index in [1.54, 1.807) is 29.3 Å². The summed E-state index contributed by atoms with van der Waals surface area (Å²) >= 11 is 0. The fraction of sp³-hybridized carbons (Fsp3) is 0.235. The topological polar surface area (TPSA) is 60.2 Å². The van der Waals surface area contributed by atoms with Crippen molar-refractivity contribution in [2.24, 2.45) is 0 Å². The zero-order valence-corrected chi connectivity index (χ0v) is 12.4. The summed E-state index contributed by atoms with van der Waals surface area (Å²) in [5.74, 6) is -0.767. The summed E-state index contributed by atoms with van der Waals surface area (Å²) in [4.78, 5) is 20.2. The number of aromatic nitrogens is 1. The Balaban J connectivity index is 1.65. The van der Waals surface area contributed by atoms with E-state index in [9.17, 15) is 9.18 Å². The molecular formula is C17H15FN4O. The van der Waals surface area contributed by atoms with E-state index >= 15 is 0 Å². The second-order valence-electron chi connectivity index (χ2n) is 5.27. The van der Waals surface area contributed by atoms with Crippen LogP contribution in [0.15, 0.2) is 42.6 Å². The summed E-state index contributed by atoms with van der Waals surface area (Å²) in [6.45, 7) is 2.34. The van der Waals surface area contributed by atoms with E-state index in [0.717, 1.165) is 5.69 Å². The van der Waals surface area contributed by atoms with E-state index < -0.39 is 5.82 Å². The average Bonchev–Trinajstić information content (AvgIpc) is 2.62. The predicted molar refractivity (Wildman–Crippen MR) is 83.5 cm³/mol. The molecule has 0 N–H and O–H groups in total. The van der Waals surface area contributed by atoms with Gasteiger partial charge in [0.25, 0.3) is 5.91 Å². The van der Waals surface area contributed by atoms with Gasteiger partial charge in [-0.3, -0.25) is 4.79 Å². The van der Waals surface area contributed by atoms with Gasteiger partial charge in [-0.2, -0.15) is 5.26 Å². The third-order valence-electron chi connectivity index (χ3n) is 3.90. The van der Waals surface area contributed by atoms with Crippen molar-refractivity contribution in [2.45, 2.75) is 0 Å². The second-order valence-corrected chi connectivity index (χ2v) is 5.27. The Morgan fingerprint density at radius 3 is 2.48 bits per heavy atom. The normalized spacial score (nSPS) is 14.4. The fourth-order valence-electron chi connectivity index (χ4n) is 2.61. The molecular weight excluding hydrogens is 295 g/mol. The van der Waals surface area contributed by atoms with Crippen LogP contribution in [-0.4, -0.2) is 42.0 Å². The molecule has 23 heavy (non-hydrogen) atoms. The molecule has 116 valence electrons. The maximum atomic E-state index is 13.7. The monoisotopic (exact) mass is 310 g/mol. The molecule has 1 aromatic heterocycles. The van der Waals surface area contributed by atoms with Crippen LogP contribution in [0.3, 0.4) is 0 Å². The van der Waals surface area contributed by atoms with Gasteiger partial charge in [-0.15, -0.1) is 0 Å². The first-order valence-electron chi connectivity index (χ1n) is 7.34. The number of hydrogen-bond donors (Lipinski definition) is 0. The molecule has 0 spiro atoms. The zero-order chi connectivity index (χ0) is 16.2. The Hall–Kier alpha value is -2.94. The van der Waals surface area contributed by atoms with Gasteiger partial charge in [0.15, 0.2) is 0 Å². The smallest absolute Gasteiger partial charge is 0.256 e. The highest BCUT2D eigenvalue weighted by Gasteiger charge is 2.24. The summed E-state index contributed by atoms with van der Waals surface area (Å²) in [7, 11) is 0. The highest BCUT2D eigenvalue weighted by Crippen LogP contribution is 2.17. The van der Waals surface area contributed by atoms with Crippen molar-refractivity contribution in [3.8, 4) is 6.07 Å². The predicted octanol–water partition coefficient (Wildman–Crippen LogP) is 2.05. The van der Waals surface area contributed by atoms with E-state index in [4.69, 9.17) is 5.26 Å². The molecule has 1 aromatic carbocycles. The van der Waals surface area contributed by atoms with Crippen LogP contribution < -0.4 is 4.90 Å². The summed E-state index contributed by atoms with van der Waals surface area (Å²) in [6, 6.07) is 11.5. The molecule has 0 unspecified atom stereocenters. The van der Waals surface area contributed by atoms with Crippen LogP contribution in [0.25, 0.3) is 0 Å². The van der Waals surface area contributed by atoms with Gasteiger partial charge < -0.3 is 9.80 Å². The largest absolute Gasteiger partial charge is 0.367 e. The van der Waals surface area contributed by atoms with Crippen molar-refractivity contribution < 1.29 is 9.18 Å². The number of nitriles is 1. The van der Waals surface area contributed by atoms with E-state index in [-0.39, 0.29) is 11.5 Å². The van der Waals surface area contributed by atoms with E-state index in [1.807, 2.05) is 12.1 Å². The van der Waals surface area contributed by atoms with Crippen LogP contribution in [0.2, 0.25) is 0 Å². The van der Waals surface area contributed by atoms with Gasteiger partial charge in [-0.1, -0.05) is 12.1 Å². The number of rotatable bonds is 2. The van der Waals surface area contributed by atoms with Crippen molar-refractivity contribution in [1.82, 2.24) is 9.88 Å². The van der Waals surface area contributed by atoms with Crippen LogP contribution in [0.4, 0.5) is 10.1 Å². The highest BCUT2D eigenvalue weighted by atomic mass is 19.1. The van der Waals surface area contributed by atoms with Crippen molar-refractivity contribution in [2.75, 3.05) is 31.1 Å². The number of anilines is 1. The molecule has 5 nitrogen and oxygen atoms in total. The summed E-state index contributed by atoms with van der Waals surface area (Å²) in [6.07, 6.45) is 1.66. The molecule has 0 saturated carbocycles. The fourth-order valence-corrected chi connectivity index (χ4v) is 2.61. The first kappa shape index (κ1) is 15.0. The van der Waals surface area contributed by atoms with Crippen LogP contribution >= 0.6 is 0 Å². The lowest BCUT2D eigenvalue weighted by atomic mass is 10.1. The lowest BCUT2D eigenvalue weighted by molar-refractivity contribution is 0.0742. The molecule has 1 amide bonds. The maximum absolute atomic E-state index is 13.7. The molecule has 6 heteroatoms. The Bertz CT molecular complexity index is 746. The Morgan fingerprint density at radius 1 is 1.13 bits per heavy atom. The third-order valence-corrected chi connectivity index (χ3v) is 3.90. The minimum absolute atomic E-state index is 0.112. The molecule has 1 aliphatic rings. The number of benzene rings is 1. The number of hydrogen-bond acceptors (Lipinski definition) is 4. The zero-order valence-electron chi connectivity index (χ0n) is 12.4. The summed E-state index contributed by atoms with van der Waals surface area (Å²) in [5, 5.41) is 8.76. The molecule has 0 atom stereocenters. The average molecular weight is 310 g/mol. The molecule has 3 rings (SSSR count). The number of nitrogens with zero attached hydrogens (tertiary/aromatic N) is 4. The first-order chi connectivity index (χ1) is 11.2. The van der Waals surface area contributed by atoms with E-state index in [2.05, 4.69) is 9.88 Å². The highest BCUT2D eigenvalue weighted by molar-refractivity contribution is 5.94. The molecule has 0 aliphatic carbocycles. The number of pyridine rings is 1. The second kappa shape index (κ2) is 6.44. The molecule has 2 aromatic rings. The van der Waals surface area contributed by atoms with Crippen LogP contribution in [0, 0.1) is 17.1 Å². The molecule has 1 aliphatic heterocycles. The van der Waals surface area contributed by atoms with Gasteiger partial charge in [-0.05, 0) is 24.3 Å². The number of amides is 1. The van der Waals surface area contributed by atoms with Gasteiger partial charge in [-0.25, -0.2) is 9.37 Å². The van der Waals surface area contributed by atoms with Crippen LogP contribution in [-0.2, 0) is 0 Å². The van der Waals surface area contributed by atoms with Gasteiger partial charge in [0.05, 0.1) is 17.4 Å². The maximum Gasteiger partial charge on any atom is 0.256 e. The van der Waals surface area contributed by atoms with Crippen molar-refractivity contribution >= 4 is 11.6 Å². The molecule has 0 bridgehead atoms. The Kier molecular flexibility index (Phi) is 4.20. The number of piperazine rings is 1. The van der Waals surface area contributed by atoms with Crippen molar-refractivity contribution in [1.29, 1.82) is 5.26 Å². The Morgan fingerprint density at radius 2 is 1.87 bits per heavy atom. The van der Waals surface area contributed by atoms with Crippen molar-refractivity contribution in [3.63, 3.8) is 0 Å². The summed E-state index contributed by atoms with van der Waals surface area (Å²) in [5.41, 5.74) is 1.41. The number of carbonyl (C=O) groups excluding carboxylic acids is 1. The van der Waals surface area contributed by atoms with Gasteiger partial charge in [0.2, 0.25) is 0 Å². The van der Waals surface area contributed by atoms with Gasteiger partial charge in [0, 0.05) is 26.2 Å². The van der Waals surface area contributed by atoms with E-state index in [1.165, 1.54) is 12.1 Å². The Labute approximate surface area is 133 Å². The van der Waals surface area contributed by atoms with Crippen LogP contribution in [0.5, 0.6) is 0 Å². The standard InChI is InChI=1S/C17H15FN4O/c18-16-4-2-1-3-15(16)17(23)22-9-7-21(8-10-22)14-6-5-13(11-19)20-12-14/h1-6,12H,7-10H2. The lowest BCUT2D eigenvalue weighted by Crippen LogP contribution is -2.49. The molecule has 1 saturated heterocycles. The SMILES string of the molecule is N#Cc1ccc(N2CCN(C(=O)c3ccccc3F)CC2)cn1. The molecule has 1 fully saturated rings. The van der Waals surface area contributed by atoms with Gasteiger partial charge in [0.1, 0.15) is 17.6 Å². The van der Waals surface area contributed by atoms with Crippen LogP contribution in [0.1, 0.15) is 16.1 Å². The van der Waals surface area contributed by atoms with Gasteiger partial charge >= 0.3 is 0 Å². The van der Waals surface area contributed by atoms with Crippen molar-refractivity contribution in [3.05, 3.63) is 59.7 Å². The lowest BCUT2D eigenvalue weighted by Gasteiger charge is -2.36. The number of carbonyl (C=O) groups is 1. The minimum Gasteiger partial charge on any atom is -0.367 e. The quantitative estimate of drug-likeness (QED) is 0.852. The number of halogens is 1. The molecule has 0 radical (unpaired) electrons. The summed E-state index contributed by atoms with van der Waals surface area (Å²) < 4.78 is 13.7. The minimum atomic E-state index is -0.490. The molecule has 2 heterocycles. The third kappa shape index (κ3) is 3.14. The van der Waals surface area contributed by atoms with E-state index in [0.29, 0.717) is 31.9 Å². The first-order valence-corrected chi connectivity index (χ1v) is 7.34.